The molecule has 0 radical (unpaired) electrons. The third-order valence-electron chi connectivity index (χ3n) is 9.86. The maximum atomic E-state index is 11.1. The summed E-state index contributed by atoms with van der Waals surface area (Å²) in [7, 11) is 0. The van der Waals surface area contributed by atoms with Crippen molar-refractivity contribution in [1.82, 2.24) is 10.3 Å². The van der Waals surface area contributed by atoms with Crippen molar-refractivity contribution in [2.45, 2.75) is 90.4 Å². The molecule has 11 nitrogen and oxygen atoms in total. The van der Waals surface area contributed by atoms with E-state index in [4.69, 9.17) is 34.7 Å². The van der Waals surface area contributed by atoms with Gasteiger partial charge in [0.25, 0.3) is 0 Å². The second kappa shape index (κ2) is 20.8. The van der Waals surface area contributed by atoms with E-state index >= 15 is 0 Å². The Hall–Kier alpha value is -4.96. The largest absolute Gasteiger partial charge is 0.494 e. The minimum absolute atomic E-state index is 0.0400. The predicted octanol–water partition coefficient (Wildman–Crippen LogP) is 8.82. The molecule has 0 unspecified atom stereocenters. The number of carbonyl (C=O) groups is 2. The zero-order valence-electron chi connectivity index (χ0n) is 31.9. The molecule has 3 atom stereocenters. The molecule has 1 aromatic heterocycles. The van der Waals surface area contributed by atoms with Crippen LogP contribution in [0.15, 0.2) is 71.2 Å². The molecule has 4 N–H and O–H groups in total. The van der Waals surface area contributed by atoms with E-state index in [9.17, 15) is 14.7 Å². The smallest absolute Gasteiger partial charge is 0.305 e. The van der Waals surface area contributed by atoms with Gasteiger partial charge in [0.15, 0.2) is 0 Å². The Morgan fingerprint density at radius 2 is 1.66 bits per heavy atom. The van der Waals surface area contributed by atoms with E-state index in [0.717, 1.165) is 52.8 Å². The quantitative estimate of drug-likeness (QED) is 0.0558. The highest BCUT2D eigenvalue weighted by Crippen LogP contribution is 2.43. The first kappa shape index (κ1) is 42.2. The van der Waals surface area contributed by atoms with Crippen molar-refractivity contribution in [3.8, 4) is 45.8 Å². The van der Waals surface area contributed by atoms with Gasteiger partial charge in [-0.3, -0.25) is 9.59 Å². The number of fused-ring (bicyclic) bond motifs is 1. The molecular formula is C44H50BrN3O8. The Bertz CT molecular complexity index is 2000. The Morgan fingerprint density at radius 3 is 2.41 bits per heavy atom. The molecule has 0 fully saturated rings. The highest BCUT2D eigenvalue weighted by Gasteiger charge is 2.29. The van der Waals surface area contributed by atoms with E-state index in [1.54, 1.807) is 0 Å². The predicted molar refractivity (Wildman–Crippen MR) is 217 cm³/mol. The van der Waals surface area contributed by atoms with Crippen LogP contribution >= 0.6 is 15.9 Å². The van der Waals surface area contributed by atoms with E-state index in [2.05, 4.69) is 82.8 Å². The molecule has 3 aromatic carbocycles. The van der Waals surface area contributed by atoms with Gasteiger partial charge in [0, 0.05) is 24.9 Å². The number of nitrogens with zero attached hydrogens (tertiary/aromatic N) is 2. The fourth-order valence-corrected chi connectivity index (χ4v) is 7.50. The summed E-state index contributed by atoms with van der Waals surface area (Å²) in [5.41, 5.74) is 8.89. The second-order valence-electron chi connectivity index (χ2n) is 14.3. The summed E-state index contributed by atoms with van der Waals surface area (Å²) in [4.78, 5) is 26.6. The number of carboxylic acid groups (broad SMARTS) is 2. The number of aliphatic carboxylic acids is 2. The maximum Gasteiger partial charge on any atom is 0.305 e. The summed E-state index contributed by atoms with van der Waals surface area (Å²) in [6, 6.07) is 24.9. The molecule has 56 heavy (non-hydrogen) atoms. The van der Waals surface area contributed by atoms with Crippen LogP contribution in [-0.2, 0) is 22.6 Å². The average Bonchev–Trinajstić information content (AvgIpc) is 3.57. The number of carboxylic acids is 2. The molecule has 1 aliphatic carbocycles. The van der Waals surface area contributed by atoms with Crippen LogP contribution in [0.5, 0.6) is 17.5 Å². The molecule has 0 spiro atoms. The van der Waals surface area contributed by atoms with Crippen LogP contribution in [0.3, 0.4) is 0 Å². The minimum Gasteiger partial charge on any atom is -0.494 e. The molecule has 0 aliphatic heterocycles. The van der Waals surface area contributed by atoms with Crippen molar-refractivity contribution < 1.29 is 39.1 Å². The molecule has 296 valence electrons. The third kappa shape index (κ3) is 11.8. The zero-order chi connectivity index (χ0) is 40.0. The Morgan fingerprint density at radius 1 is 0.946 bits per heavy atom. The van der Waals surface area contributed by atoms with Gasteiger partial charge in [0.05, 0.1) is 36.3 Å². The van der Waals surface area contributed by atoms with Gasteiger partial charge in [0.1, 0.15) is 11.9 Å². The van der Waals surface area contributed by atoms with E-state index in [-0.39, 0.29) is 24.9 Å². The van der Waals surface area contributed by atoms with E-state index in [1.165, 1.54) is 16.7 Å². The fraction of sp³-hybridized carbons (Fsp3) is 0.409. The molecule has 1 aliphatic rings. The summed E-state index contributed by atoms with van der Waals surface area (Å²) in [5.74, 6) is -0.261. The van der Waals surface area contributed by atoms with Gasteiger partial charge in [-0.2, -0.15) is 10.2 Å². The molecule has 5 rings (SSSR count). The van der Waals surface area contributed by atoms with Gasteiger partial charge in [-0.1, -0.05) is 55.5 Å². The molecular weight excluding hydrogens is 778 g/mol. The van der Waals surface area contributed by atoms with Gasteiger partial charge >= 0.3 is 11.9 Å². The van der Waals surface area contributed by atoms with Crippen molar-refractivity contribution in [1.29, 1.82) is 5.26 Å². The van der Waals surface area contributed by atoms with Crippen LogP contribution in [0.2, 0.25) is 0 Å². The zero-order valence-corrected chi connectivity index (χ0v) is 33.5. The normalized spacial score (nSPS) is 14.4. The lowest BCUT2D eigenvalue weighted by atomic mass is 9.89. The van der Waals surface area contributed by atoms with Crippen LogP contribution in [0.1, 0.15) is 86.6 Å². The number of aliphatic hydroxyl groups excluding tert-OH is 1. The number of aliphatic hydroxyl groups is 1. The number of hydrogen-bond acceptors (Lipinski definition) is 9. The van der Waals surface area contributed by atoms with E-state index in [0.29, 0.717) is 68.2 Å². The lowest BCUT2D eigenvalue weighted by Crippen LogP contribution is -2.23. The number of rotatable bonds is 22. The molecule has 0 saturated carbocycles. The summed E-state index contributed by atoms with van der Waals surface area (Å²) < 4.78 is 19.3. The maximum absolute atomic E-state index is 11.1. The summed E-state index contributed by atoms with van der Waals surface area (Å²) in [5, 5.41) is 40.0. The second-order valence-corrected chi connectivity index (χ2v) is 15.2. The van der Waals surface area contributed by atoms with Gasteiger partial charge in [-0.25, -0.2) is 0 Å². The van der Waals surface area contributed by atoms with Crippen molar-refractivity contribution in [3.63, 3.8) is 0 Å². The fourth-order valence-electron chi connectivity index (χ4n) is 7.04. The number of nitrogens with one attached hydrogen (secondary N) is 1. The number of pyridine rings is 1. The first-order chi connectivity index (χ1) is 27.0. The third-order valence-corrected chi connectivity index (χ3v) is 10.4. The number of benzene rings is 3. The Kier molecular flexibility index (Phi) is 15.7. The van der Waals surface area contributed by atoms with Gasteiger partial charge in [0.2, 0.25) is 11.8 Å². The van der Waals surface area contributed by atoms with Crippen LogP contribution in [0.25, 0.3) is 22.3 Å². The molecule has 0 saturated heterocycles. The number of nitriles is 1. The Balaban J connectivity index is 1.28. The van der Waals surface area contributed by atoms with Gasteiger partial charge in [-0.15, -0.1) is 0 Å². The first-order valence-electron chi connectivity index (χ1n) is 19.2. The number of halogens is 1. The van der Waals surface area contributed by atoms with E-state index < -0.39 is 18.0 Å². The summed E-state index contributed by atoms with van der Waals surface area (Å²) >= 11 is 3.68. The SMILES string of the molecule is Cc1c(-c2ccc(OCCCC[C@@H](O)CC(=O)O)cc2)cccc1-c1cccc2c1CC[C@@H]2Oc1nc(OCCCC#N)c(CNC[C@@H](C)CC(=O)O)cc1Br. The first-order valence-corrected chi connectivity index (χ1v) is 20.0. The molecule has 12 heteroatoms. The topological polar surface area (TPSA) is 171 Å². The summed E-state index contributed by atoms with van der Waals surface area (Å²) in [6.07, 6.45) is 3.22. The number of aromatic nitrogens is 1. The van der Waals surface area contributed by atoms with Crippen molar-refractivity contribution in [3.05, 3.63) is 93.5 Å². The Labute approximate surface area is 336 Å². The van der Waals surface area contributed by atoms with Gasteiger partial charge in [-0.05, 0) is 131 Å². The van der Waals surface area contributed by atoms with Crippen molar-refractivity contribution >= 4 is 27.9 Å². The van der Waals surface area contributed by atoms with Crippen molar-refractivity contribution in [2.75, 3.05) is 19.8 Å². The lowest BCUT2D eigenvalue weighted by Gasteiger charge is -2.19. The summed E-state index contributed by atoms with van der Waals surface area (Å²) in [6.45, 7) is 5.82. The molecule has 0 bridgehead atoms. The van der Waals surface area contributed by atoms with Crippen LogP contribution in [0.4, 0.5) is 0 Å². The van der Waals surface area contributed by atoms with Crippen molar-refractivity contribution in [2.24, 2.45) is 5.92 Å². The number of ether oxygens (including phenoxy) is 3. The van der Waals surface area contributed by atoms with Crippen LogP contribution in [-0.4, -0.2) is 58.1 Å². The molecule has 1 heterocycles. The highest BCUT2D eigenvalue weighted by atomic mass is 79.9. The average molecular weight is 829 g/mol. The standard InChI is InChI=1S/C44H50BrN3O8/c1-28(23-41(50)51)26-47-27-31-24-39(45)44(48-43(31)55-22-6-4-20-46)56-40-19-18-37-36(12-8-13-38(37)40)35-11-7-10-34(29(35)2)30-14-16-33(17-15-30)54-21-5-3-9-32(49)25-42(52)53/h7-8,10-17,24,28,32,40,47,49H,3-6,9,18-19,21-23,25-27H2,1-2H3,(H,50,51)(H,52,53)/t28-,32+,40-/m0/s1. The number of hydrogen-bond donors (Lipinski definition) is 4. The van der Waals surface area contributed by atoms with E-state index in [1.807, 2.05) is 25.1 Å². The van der Waals surface area contributed by atoms with Crippen LogP contribution < -0.4 is 19.5 Å². The van der Waals surface area contributed by atoms with Gasteiger partial charge < -0.3 is 34.8 Å². The number of unbranched alkanes of at least 4 members (excludes halogenated alkanes) is 2. The minimum atomic E-state index is -0.994. The monoisotopic (exact) mass is 827 g/mol. The molecule has 0 amide bonds. The highest BCUT2D eigenvalue weighted by molar-refractivity contribution is 9.10. The van der Waals surface area contributed by atoms with Crippen LogP contribution in [0, 0.1) is 24.2 Å². The lowest BCUT2D eigenvalue weighted by molar-refractivity contribution is -0.139. The molecule has 4 aromatic rings.